The molecular formula is C10H22N2S. The molecule has 1 saturated heterocycles. The molecule has 0 bridgehead atoms. The molecule has 0 aromatic rings. The summed E-state index contributed by atoms with van der Waals surface area (Å²) in [6.07, 6.45) is 4.75. The maximum absolute atomic E-state index is 3.63. The third-order valence-electron chi connectivity index (χ3n) is 3.22. The topological polar surface area (TPSA) is 24.1 Å². The molecule has 3 heteroatoms. The summed E-state index contributed by atoms with van der Waals surface area (Å²) in [5.74, 6) is 0. The van der Waals surface area contributed by atoms with Crippen molar-refractivity contribution in [2.75, 3.05) is 25.9 Å². The Kier molecular flexibility index (Phi) is 4.56. The largest absolute Gasteiger partial charge is 0.314 e. The third-order valence-corrected chi connectivity index (χ3v) is 4.80. The summed E-state index contributed by atoms with van der Waals surface area (Å²) >= 11 is 2.01. The molecule has 78 valence electrons. The smallest absolute Gasteiger partial charge is 0.0318 e. The van der Waals surface area contributed by atoms with Crippen LogP contribution in [0, 0.1) is 0 Å². The molecule has 0 aromatic heterocycles. The molecule has 0 aliphatic carbocycles. The van der Waals surface area contributed by atoms with Crippen LogP contribution in [0.1, 0.15) is 26.7 Å². The standard InChI is InChI=1S/C10H22N2S/c1-4-10(5-2,13-3)8-12-9-6-11-7-9/h9,11-12H,4-8H2,1-3H3. The number of rotatable bonds is 6. The van der Waals surface area contributed by atoms with Gasteiger partial charge in [0.05, 0.1) is 0 Å². The predicted molar refractivity (Wildman–Crippen MR) is 61.5 cm³/mol. The maximum Gasteiger partial charge on any atom is 0.0318 e. The molecule has 1 aliphatic rings. The quantitative estimate of drug-likeness (QED) is 0.682. The van der Waals surface area contributed by atoms with Gasteiger partial charge in [0, 0.05) is 30.4 Å². The van der Waals surface area contributed by atoms with Gasteiger partial charge in [-0.25, -0.2) is 0 Å². The second-order valence-corrected chi connectivity index (χ2v) is 5.10. The molecule has 1 heterocycles. The normalized spacial score (nSPS) is 18.7. The third kappa shape index (κ3) is 2.86. The Balaban J connectivity index is 2.27. The molecule has 0 saturated carbocycles. The van der Waals surface area contributed by atoms with Crippen molar-refractivity contribution < 1.29 is 0 Å². The Morgan fingerprint density at radius 2 is 2.00 bits per heavy atom. The minimum Gasteiger partial charge on any atom is -0.314 e. The van der Waals surface area contributed by atoms with Crippen molar-refractivity contribution in [3.05, 3.63) is 0 Å². The van der Waals surface area contributed by atoms with Gasteiger partial charge < -0.3 is 10.6 Å². The summed E-state index contributed by atoms with van der Waals surface area (Å²) in [4.78, 5) is 0. The van der Waals surface area contributed by atoms with E-state index in [0.717, 1.165) is 25.7 Å². The number of nitrogens with one attached hydrogen (secondary N) is 2. The lowest BCUT2D eigenvalue weighted by atomic mass is 10.0. The molecule has 0 amide bonds. The fourth-order valence-electron chi connectivity index (χ4n) is 1.62. The van der Waals surface area contributed by atoms with Crippen LogP contribution >= 0.6 is 11.8 Å². The molecule has 0 unspecified atom stereocenters. The zero-order chi connectivity index (χ0) is 9.73. The van der Waals surface area contributed by atoms with Crippen LogP contribution in [0.15, 0.2) is 0 Å². The van der Waals surface area contributed by atoms with Gasteiger partial charge in [0.15, 0.2) is 0 Å². The minimum absolute atomic E-state index is 0.468. The Labute approximate surface area is 86.2 Å². The van der Waals surface area contributed by atoms with Gasteiger partial charge in [0.25, 0.3) is 0 Å². The van der Waals surface area contributed by atoms with Crippen LogP contribution in [-0.4, -0.2) is 36.7 Å². The van der Waals surface area contributed by atoms with Crippen molar-refractivity contribution >= 4 is 11.8 Å². The Morgan fingerprint density at radius 3 is 2.31 bits per heavy atom. The molecule has 1 aliphatic heterocycles. The molecule has 0 radical (unpaired) electrons. The van der Waals surface area contributed by atoms with Crippen molar-refractivity contribution in [2.45, 2.75) is 37.5 Å². The molecular weight excluding hydrogens is 180 g/mol. The van der Waals surface area contributed by atoms with E-state index in [-0.39, 0.29) is 0 Å². The highest BCUT2D eigenvalue weighted by atomic mass is 32.2. The van der Waals surface area contributed by atoms with Gasteiger partial charge in [-0.05, 0) is 19.1 Å². The van der Waals surface area contributed by atoms with Gasteiger partial charge in [-0.3, -0.25) is 0 Å². The second kappa shape index (κ2) is 5.23. The van der Waals surface area contributed by atoms with Crippen molar-refractivity contribution in [3.63, 3.8) is 0 Å². The molecule has 2 nitrogen and oxygen atoms in total. The first-order chi connectivity index (χ1) is 6.26. The van der Waals surface area contributed by atoms with E-state index in [1.54, 1.807) is 0 Å². The molecule has 13 heavy (non-hydrogen) atoms. The van der Waals surface area contributed by atoms with E-state index in [1.807, 2.05) is 11.8 Å². The maximum atomic E-state index is 3.63. The van der Waals surface area contributed by atoms with E-state index in [2.05, 4.69) is 30.7 Å². The van der Waals surface area contributed by atoms with Crippen LogP contribution in [-0.2, 0) is 0 Å². The fourth-order valence-corrected chi connectivity index (χ4v) is 2.43. The van der Waals surface area contributed by atoms with Crippen LogP contribution in [0.2, 0.25) is 0 Å². The minimum atomic E-state index is 0.468. The SMILES string of the molecule is CCC(CC)(CNC1CNC1)SC. The van der Waals surface area contributed by atoms with Crippen LogP contribution < -0.4 is 10.6 Å². The average Bonchev–Trinajstić information content (AvgIpc) is 2.11. The lowest BCUT2D eigenvalue weighted by Crippen LogP contribution is -2.57. The molecule has 1 rings (SSSR count). The summed E-state index contributed by atoms with van der Waals surface area (Å²) in [7, 11) is 0. The molecule has 0 atom stereocenters. The summed E-state index contributed by atoms with van der Waals surface area (Å²) in [6, 6.07) is 0.727. The average molecular weight is 202 g/mol. The monoisotopic (exact) mass is 202 g/mol. The van der Waals surface area contributed by atoms with Crippen molar-refractivity contribution in [3.8, 4) is 0 Å². The van der Waals surface area contributed by atoms with Crippen LogP contribution in [0.25, 0.3) is 0 Å². The number of thioether (sulfide) groups is 1. The highest BCUT2D eigenvalue weighted by molar-refractivity contribution is 8.00. The van der Waals surface area contributed by atoms with Crippen molar-refractivity contribution in [1.82, 2.24) is 10.6 Å². The van der Waals surface area contributed by atoms with E-state index < -0.39 is 0 Å². The van der Waals surface area contributed by atoms with Crippen molar-refractivity contribution in [1.29, 1.82) is 0 Å². The van der Waals surface area contributed by atoms with Crippen molar-refractivity contribution in [2.24, 2.45) is 0 Å². The van der Waals surface area contributed by atoms with Gasteiger partial charge in [0.1, 0.15) is 0 Å². The molecule has 1 fully saturated rings. The molecule has 0 aromatic carbocycles. The van der Waals surface area contributed by atoms with Crippen LogP contribution in [0.3, 0.4) is 0 Å². The molecule has 2 N–H and O–H groups in total. The highest BCUT2D eigenvalue weighted by Crippen LogP contribution is 2.29. The van der Waals surface area contributed by atoms with Gasteiger partial charge in [0.2, 0.25) is 0 Å². The fraction of sp³-hybridized carbons (Fsp3) is 1.00. The first kappa shape index (κ1) is 11.3. The summed E-state index contributed by atoms with van der Waals surface area (Å²) in [6.45, 7) is 8.05. The summed E-state index contributed by atoms with van der Waals surface area (Å²) in [5, 5.41) is 6.91. The summed E-state index contributed by atoms with van der Waals surface area (Å²) < 4.78 is 0.468. The first-order valence-electron chi connectivity index (χ1n) is 5.25. The van der Waals surface area contributed by atoms with Crippen LogP contribution in [0.5, 0.6) is 0 Å². The van der Waals surface area contributed by atoms with E-state index >= 15 is 0 Å². The van der Waals surface area contributed by atoms with E-state index in [4.69, 9.17) is 0 Å². The lowest BCUT2D eigenvalue weighted by Gasteiger charge is -2.35. The Morgan fingerprint density at radius 1 is 1.38 bits per heavy atom. The molecule has 0 spiro atoms. The van der Waals surface area contributed by atoms with Crippen LogP contribution in [0.4, 0.5) is 0 Å². The first-order valence-corrected chi connectivity index (χ1v) is 6.48. The van der Waals surface area contributed by atoms with E-state index in [1.165, 1.54) is 12.8 Å². The van der Waals surface area contributed by atoms with Gasteiger partial charge >= 0.3 is 0 Å². The zero-order valence-electron chi connectivity index (χ0n) is 9.02. The lowest BCUT2D eigenvalue weighted by molar-refractivity contribution is 0.344. The number of hydrogen-bond acceptors (Lipinski definition) is 3. The van der Waals surface area contributed by atoms with E-state index in [9.17, 15) is 0 Å². The van der Waals surface area contributed by atoms with Gasteiger partial charge in [-0.1, -0.05) is 13.8 Å². The van der Waals surface area contributed by atoms with Gasteiger partial charge in [-0.2, -0.15) is 11.8 Å². The summed E-state index contributed by atoms with van der Waals surface area (Å²) in [5.41, 5.74) is 0. The van der Waals surface area contributed by atoms with Gasteiger partial charge in [-0.15, -0.1) is 0 Å². The van der Waals surface area contributed by atoms with E-state index in [0.29, 0.717) is 4.75 Å². The number of hydrogen-bond donors (Lipinski definition) is 2. The Bertz CT molecular complexity index is 134. The Hall–Kier alpha value is 0.270. The highest BCUT2D eigenvalue weighted by Gasteiger charge is 2.26. The zero-order valence-corrected chi connectivity index (χ0v) is 9.84. The predicted octanol–water partition coefficient (Wildman–Crippen LogP) is 1.47. The second-order valence-electron chi connectivity index (χ2n) is 3.83.